The average molecular weight is 214 g/mol. The quantitative estimate of drug-likeness (QED) is 0.665. The highest BCUT2D eigenvalue weighted by atomic mass is 16.5. The lowest BCUT2D eigenvalue weighted by atomic mass is 10.1. The van der Waals surface area contributed by atoms with Crippen molar-refractivity contribution in [3.63, 3.8) is 0 Å². The van der Waals surface area contributed by atoms with Crippen LogP contribution in [0.2, 0.25) is 0 Å². The largest absolute Gasteiger partial charge is 0.372 e. The minimum absolute atomic E-state index is 0.00417. The van der Waals surface area contributed by atoms with Gasteiger partial charge in [0.1, 0.15) is 0 Å². The molecule has 2 unspecified atom stereocenters. The number of nitrogens with zero attached hydrogens (tertiary/aromatic N) is 1. The number of morpholine rings is 1. The fourth-order valence-corrected chi connectivity index (χ4v) is 1.74. The van der Waals surface area contributed by atoms with Crippen molar-refractivity contribution >= 4 is 6.03 Å². The van der Waals surface area contributed by atoms with E-state index in [-0.39, 0.29) is 23.8 Å². The highest BCUT2D eigenvalue weighted by Crippen LogP contribution is 2.11. The number of carbonyl (C=O) groups is 1. The maximum absolute atomic E-state index is 11.9. The van der Waals surface area contributed by atoms with E-state index in [9.17, 15) is 4.79 Å². The fraction of sp³-hybridized carbons (Fsp3) is 0.909. The predicted molar refractivity (Wildman–Crippen MR) is 59.9 cm³/mol. The van der Waals surface area contributed by atoms with E-state index >= 15 is 0 Å². The van der Waals surface area contributed by atoms with Gasteiger partial charge in [0.2, 0.25) is 0 Å². The van der Waals surface area contributed by atoms with E-state index in [1.165, 1.54) is 0 Å². The van der Waals surface area contributed by atoms with Crippen molar-refractivity contribution in [2.75, 3.05) is 13.1 Å². The van der Waals surface area contributed by atoms with Gasteiger partial charge in [-0.25, -0.2) is 4.79 Å². The summed E-state index contributed by atoms with van der Waals surface area (Å²) in [6.45, 7) is 11.3. The van der Waals surface area contributed by atoms with Gasteiger partial charge in [-0.2, -0.15) is 0 Å². The molecule has 1 saturated heterocycles. The number of urea groups is 1. The number of hydrogen-bond acceptors (Lipinski definition) is 2. The SMILES string of the molecule is CC1CN(C(=O)NC(C)(C)C)CC(C)O1. The first-order chi connectivity index (χ1) is 6.78. The first kappa shape index (κ1) is 12.3. The Bertz CT molecular complexity index is 225. The van der Waals surface area contributed by atoms with Crippen molar-refractivity contribution in [3.8, 4) is 0 Å². The molecule has 0 bridgehead atoms. The summed E-state index contributed by atoms with van der Waals surface area (Å²) in [5.41, 5.74) is -0.179. The Kier molecular flexibility index (Phi) is 3.60. The van der Waals surface area contributed by atoms with Gasteiger partial charge in [0.05, 0.1) is 12.2 Å². The van der Waals surface area contributed by atoms with Gasteiger partial charge in [-0.15, -0.1) is 0 Å². The number of nitrogens with one attached hydrogen (secondary N) is 1. The van der Waals surface area contributed by atoms with Crippen molar-refractivity contribution in [2.24, 2.45) is 0 Å². The molecule has 1 rings (SSSR count). The molecule has 0 saturated carbocycles. The Balaban J connectivity index is 2.52. The van der Waals surface area contributed by atoms with Gasteiger partial charge in [0.15, 0.2) is 0 Å². The van der Waals surface area contributed by atoms with Crippen molar-refractivity contribution in [1.29, 1.82) is 0 Å². The van der Waals surface area contributed by atoms with Gasteiger partial charge in [-0.05, 0) is 34.6 Å². The summed E-state index contributed by atoms with van der Waals surface area (Å²) in [4.78, 5) is 13.7. The highest BCUT2D eigenvalue weighted by Gasteiger charge is 2.27. The molecule has 4 heteroatoms. The van der Waals surface area contributed by atoms with Crippen LogP contribution in [-0.2, 0) is 4.74 Å². The van der Waals surface area contributed by atoms with Gasteiger partial charge in [-0.3, -0.25) is 0 Å². The molecule has 88 valence electrons. The van der Waals surface area contributed by atoms with Crippen molar-refractivity contribution in [2.45, 2.75) is 52.4 Å². The van der Waals surface area contributed by atoms with Crippen LogP contribution in [0, 0.1) is 0 Å². The molecule has 1 fully saturated rings. The maximum Gasteiger partial charge on any atom is 0.317 e. The zero-order chi connectivity index (χ0) is 11.6. The Labute approximate surface area is 92.0 Å². The van der Waals surface area contributed by atoms with Crippen molar-refractivity contribution < 1.29 is 9.53 Å². The lowest BCUT2D eigenvalue weighted by Crippen LogP contribution is -2.55. The van der Waals surface area contributed by atoms with Crippen LogP contribution in [0.25, 0.3) is 0 Å². The van der Waals surface area contributed by atoms with Crippen molar-refractivity contribution in [3.05, 3.63) is 0 Å². The normalized spacial score (nSPS) is 27.7. The maximum atomic E-state index is 11.9. The average Bonchev–Trinajstić information content (AvgIpc) is 1.98. The molecule has 0 radical (unpaired) electrons. The second-order valence-corrected chi connectivity index (χ2v) is 5.34. The zero-order valence-electron chi connectivity index (χ0n) is 10.3. The lowest BCUT2D eigenvalue weighted by Gasteiger charge is -2.36. The van der Waals surface area contributed by atoms with Gasteiger partial charge in [0, 0.05) is 18.6 Å². The Morgan fingerprint density at radius 2 is 1.73 bits per heavy atom. The number of ether oxygens (including phenoxy) is 1. The lowest BCUT2D eigenvalue weighted by molar-refractivity contribution is -0.0550. The Morgan fingerprint density at radius 3 is 2.13 bits per heavy atom. The highest BCUT2D eigenvalue weighted by molar-refractivity contribution is 5.75. The molecule has 0 aromatic heterocycles. The topological polar surface area (TPSA) is 41.6 Å². The second-order valence-electron chi connectivity index (χ2n) is 5.34. The third-order valence-electron chi connectivity index (χ3n) is 2.19. The molecule has 0 aromatic carbocycles. The molecular weight excluding hydrogens is 192 g/mol. The zero-order valence-corrected chi connectivity index (χ0v) is 10.3. The number of hydrogen-bond donors (Lipinski definition) is 1. The van der Waals surface area contributed by atoms with Crippen LogP contribution in [0.5, 0.6) is 0 Å². The standard InChI is InChI=1S/C11H22N2O2/c1-8-6-13(7-9(2)15-8)10(14)12-11(3,4)5/h8-9H,6-7H2,1-5H3,(H,12,14). The summed E-state index contributed by atoms with van der Waals surface area (Å²) in [7, 11) is 0. The Morgan fingerprint density at radius 1 is 1.27 bits per heavy atom. The van der Waals surface area contributed by atoms with Crippen LogP contribution in [0.3, 0.4) is 0 Å². The van der Waals surface area contributed by atoms with Gasteiger partial charge >= 0.3 is 6.03 Å². The molecule has 1 heterocycles. The van der Waals surface area contributed by atoms with E-state index in [2.05, 4.69) is 5.32 Å². The minimum atomic E-state index is -0.179. The molecule has 0 spiro atoms. The molecule has 15 heavy (non-hydrogen) atoms. The third kappa shape index (κ3) is 4.08. The second kappa shape index (κ2) is 4.39. The van der Waals surface area contributed by atoms with Gasteiger partial charge in [0.25, 0.3) is 0 Å². The number of rotatable bonds is 0. The van der Waals surface area contributed by atoms with Crippen LogP contribution in [0.15, 0.2) is 0 Å². The van der Waals surface area contributed by atoms with Crippen LogP contribution >= 0.6 is 0 Å². The summed E-state index contributed by atoms with van der Waals surface area (Å²) in [5, 5.41) is 2.96. The summed E-state index contributed by atoms with van der Waals surface area (Å²) < 4.78 is 5.57. The summed E-state index contributed by atoms with van der Waals surface area (Å²) >= 11 is 0. The van der Waals surface area contributed by atoms with E-state index in [0.29, 0.717) is 13.1 Å². The molecule has 0 aromatic rings. The fourth-order valence-electron chi connectivity index (χ4n) is 1.74. The first-order valence-electron chi connectivity index (χ1n) is 5.50. The molecule has 2 amide bonds. The number of carbonyl (C=O) groups excluding carboxylic acids is 1. The smallest absolute Gasteiger partial charge is 0.317 e. The van der Waals surface area contributed by atoms with E-state index in [4.69, 9.17) is 4.74 Å². The predicted octanol–water partition coefficient (Wildman–Crippen LogP) is 1.60. The molecule has 0 aliphatic carbocycles. The van der Waals surface area contributed by atoms with Crippen LogP contribution in [0.4, 0.5) is 4.79 Å². The molecule has 1 N–H and O–H groups in total. The van der Waals surface area contributed by atoms with Crippen molar-refractivity contribution in [1.82, 2.24) is 10.2 Å². The molecule has 4 nitrogen and oxygen atoms in total. The van der Waals surface area contributed by atoms with Crippen LogP contribution in [-0.4, -0.2) is 41.8 Å². The minimum Gasteiger partial charge on any atom is -0.372 e. The molecule has 1 aliphatic heterocycles. The van der Waals surface area contributed by atoms with Crippen LogP contribution < -0.4 is 5.32 Å². The Hall–Kier alpha value is -0.770. The van der Waals surface area contributed by atoms with E-state index < -0.39 is 0 Å². The van der Waals surface area contributed by atoms with E-state index in [1.807, 2.05) is 39.5 Å². The molecule has 1 aliphatic rings. The van der Waals surface area contributed by atoms with Gasteiger partial charge in [-0.1, -0.05) is 0 Å². The van der Waals surface area contributed by atoms with Gasteiger partial charge < -0.3 is 15.0 Å². The third-order valence-corrected chi connectivity index (χ3v) is 2.19. The number of amides is 2. The first-order valence-corrected chi connectivity index (χ1v) is 5.50. The van der Waals surface area contributed by atoms with E-state index in [1.54, 1.807) is 0 Å². The van der Waals surface area contributed by atoms with E-state index in [0.717, 1.165) is 0 Å². The summed E-state index contributed by atoms with van der Waals surface area (Å²) in [5.74, 6) is 0. The van der Waals surface area contributed by atoms with Crippen LogP contribution in [0.1, 0.15) is 34.6 Å². The summed E-state index contributed by atoms with van der Waals surface area (Å²) in [6.07, 6.45) is 0.249. The molecular formula is C11H22N2O2. The monoisotopic (exact) mass is 214 g/mol. The molecule has 2 atom stereocenters. The summed E-state index contributed by atoms with van der Waals surface area (Å²) in [6, 6.07) is 0.00417.